The van der Waals surface area contributed by atoms with Crippen LogP contribution in [-0.2, 0) is 6.54 Å². The van der Waals surface area contributed by atoms with E-state index in [4.69, 9.17) is 0 Å². The molecule has 96 valence electrons. The largest absolute Gasteiger partial charge is 0.305 e. The summed E-state index contributed by atoms with van der Waals surface area (Å²) in [5.41, 5.74) is 2.70. The van der Waals surface area contributed by atoms with Crippen LogP contribution in [0, 0.1) is 6.92 Å². The highest BCUT2D eigenvalue weighted by Gasteiger charge is 2.10. The average molecular weight is 259 g/mol. The number of rotatable bonds is 6. The Kier molecular flexibility index (Phi) is 4.97. The van der Waals surface area contributed by atoms with E-state index in [0.29, 0.717) is 6.04 Å². The van der Waals surface area contributed by atoms with Crippen LogP contribution in [0.1, 0.15) is 41.8 Å². The number of hydrogen-bond donors (Lipinski definition) is 1. The Morgan fingerprint density at radius 1 is 1.22 bits per heavy atom. The van der Waals surface area contributed by atoms with E-state index in [0.717, 1.165) is 6.54 Å². The highest BCUT2D eigenvalue weighted by Crippen LogP contribution is 2.23. The van der Waals surface area contributed by atoms with Gasteiger partial charge < -0.3 is 5.32 Å². The van der Waals surface area contributed by atoms with Crippen molar-refractivity contribution in [3.8, 4) is 0 Å². The molecule has 1 N–H and O–H groups in total. The van der Waals surface area contributed by atoms with Crippen LogP contribution >= 0.6 is 11.3 Å². The monoisotopic (exact) mass is 259 g/mol. The number of nitrogens with one attached hydrogen (secondary N) is 1. The van der Waals surface area contributed by atoms with Gasteiger partial charge in [0.2, 0.25) is 0 Å². The maximum atomic E-state index is 3.68. The minimum atomic E-state index is 0.496. The molecule has 2 rings (SSSR count). The first-order valence-corrected chi connectivity index (χ1v) is 7.50. The minimum absolute atomic E-state index is 0.496. The van der Waals surface area contributed by atoms with E-state index in [1.54, 1.807) is 0 Å². The molecule has 0 aliphatic heterocycles. The third-order valence-electron chi connectivity index (χ3n) is 3.10. The Labute approximate surface area is 114 Å². The summed E-state index contributed by atoms with van der Waals surface area (Å²) in [6, 6.07) is 13.6. The Hall–Kier alpha value is -1.12. The van der Waals surface area contributed by atoms with Crippen molar-refractivity contribution < 1.29 is 0 Å². The van der Waals surface area contributed by atoms with E-state index in [1.165, 1.54) is 28.8 Å². The van der Waals surface area contributed by atoms with E-state index in [2.05, 4.69) is 60.9 Å². The van der Waals surface area contributed by atoms with Crippen molar-refractivity contribution in [2.75, 3.05) is 0 Å². The third kappa shape index (κ3) is 3.69. The van der Waals surface area contributed by atoms with Crippen molar-refractivity contribution in [1.82, 2.24) is 5.32 Å². The third-order valence-corrected chi connectivity index (χ3v) is 4.09. The van der Waals surface area contributed by atoms with Crippen LogP contribution < -0.4 is 5.32 Å². The molecule has 0 bridgehead atoms. The standard InChI is InChI=1S/C16H21NS/c1-3-6-15(16-9-5-10-18-16)17-12-14-8-4-7-13(2)11-14/h4-5,7-11,15,17H,3,6,12H2,1-2H3. The first-order chi connectivity index (χ1) is 8.79. The second kappa shape index (κ2) is 6.72. The van der Waals surface area contributed by atoms with Crippen molar-refractivity contribution in [3.63, 3.8) is 0 Å². The predicted molar refractivity (Wildman–Crippen MR) is 80.0 cm³/mol. The molecule has 0 aliphatic carbocycles. The van der Waals surface area contributed by atoms with Gasteiger partial charge in [-0.1, -0.05) is 49.2 Å². The first kappa shape index (κ1) is 13.3. The molecule has 0 spiro atoms. The van der Waals surface area contributed by atoms with E-state index in [-0.39, 0.29) is 0 Å². The molecule has 0 radical (unpaired) electrons. The highest BCUT2D eigenvalue weighted by atomic mass is 32.1. The summed E-state index contributed by atoms with van der Waals surface area (Å²) in [6.07, 6.45) is 2.41. The fourth-order valence-corrected chi connectivity index (χ4v) is 3.02. The molecule has 1 heterocycles. The second-order valence-corrected chi connectivity index (χ2v) is 5.71. The van der Waals surface area contributed by atoms with Crippen LogP contribution in [0.3, 0.4) is 0 Å². The molecule has 0 fully saturated rings. The number of thiophene rings is 1. The van der Waals surface area contributed by atoms with Gasteiger partial charge in [0, 0.05) is 17.5 Å². The molecule has 0 saturated heterocycles. The molecule has 1 aromatic heterocycles. The molecule has 0 saturated carbocycles. The lowest BCUT2D eigenvalue weighted by Crippen LogP contribution is -2.19. The van der Waals surface area contributed by atoms with Crippen LogP contribution in [-0.4, -0.2) is 0 Å². The minimum Gasteiger partial charge on any atom is -0.305 e. The van der Waals surface area contributed by atoms with Crippen molar-refractivity contribution in [1.29, 1.82) is 0 Å². The van der Waals surface area contributed by atoms with E-state index < -0.39 is 0 Å². The molecule has 0 amide bonds. The lowest BCUT2D eigenvalue weighted by atomic mass is 10.1. The van der Waals surface area contributed by atoms with Crippen LogP contribution in [0.25, 0.3) is 0 Å². The lowest BCUT2D eigenvalue weighted by molar-refractivity contribution is 0.500. The van der Waals surface area contributed by atoms with E-state index in [9.17, 15) is 0 Å². The van der Waals surface area contributed by atoms with Crippen LogP contribution in [0.5, 0.6) is 0 Å². The zero-order valence-electron chi connectivity index (χ0n) is 11.1. The molecule has 0 aliphatic rings. The van der Waals surface area contributed by atoms with E-state index >= 15 is 0 Å². The molecule has 1 unspecified atom stereocenters. The van der Waals surface area contributed by atoms with Crippen molar-refractivity contribution in [2.24, 2.45) is 0 Å². The topological polar surface area (TPSA) is 12.0 Å². The fourth-order valence-electron chi connectivity index (χ4n) is 2.19. The van der Waals surface area contributed by atoms with Gasteiger partial charge in [-0.05, 0) is 30.4 Å². The Bertz CT molecular complexity index is 462. The molecule has 1 atom stereocenters. The summed E-state index contributed by atoms with van der Waals surface area (Å²) in [5, 5.41) is 5.84. The zero-order valence-corrected chi connectivity index (χ0v) is 12.0. The maximum absolute atomic E-state index is 3.68. The van der Waals surface area contributed by atoms with Crippen LogP contribution in [0.4, 0.5) is 0 Å². The van der Waals surface area contributed by atoms with Crippen molar-refractivity contribution in [3.05, 3.63) is 57.8 Å². The normalized spacial score (nSPS) is 12.6. The van der Waals surface area contributed by atoms with Gasteiger partial charge >= 0.3 is 0 Å². The van der Waals surface area contributed by atoms with Gasteiger partial charge in [0.1, 0.15) is 0 Å². The van der Waals surface area contributed by atoms with Gasteiger partial charge in [-0.3, -0.25) is 0 Å². The summed E-state index contributed by atoms with van der Waals surface area (Å²) in [5.74, 6) is 0. The predicted octanol–water partition coefficient (Wildman–Crippen LogP) is 4.69. The van der Waals surface area contributed by atoms with Crippen LogP contribution in [0.2, 0.25) is 0 Å². The first-order valence-electron chi connectivity index (χ1n) is 6.62. The summed E-state index contributed by atoms with van der Waals surface area (Å²) >= 11 is 1.85. The van der Waals surface area contributed by atoms with Crippen molar-refractivity contribution in [2.45, 2.75) is 39.3 Å². The Morgan fingerprint density at radius 3 is 2.78 bits per heavy atom. The summed E-state index contributed by atoms with van der Waals surface area (Å²) in [4.78, 5) is 1.45. The SMILES string of the molecule is CCCC(NCc1cccc(C)c1)c1cccs1. The molecular formula is C16H21NS. The Morgan fingerprint density at radius 2 is 2.11 bits per heavy atom. The van der Waals surface area contributed by atoms with Crippen molar-refractivity contribution >= 4 is 11.3 Å². The number of hydrogen-bond acceptors (Lipinski definition) is 2. The van der Waals surface area contributed by atoms with E-state index in [1.807, 2.05) is 11.3 Å². The zero-order chi connectivity index (χ0) is 12.8. The van der Waals surface area contributed by atoms with Gasteiger partial charge in [-0.15, -0.1) is 11.3 Å². The maximum Gasteiger partial charge on any atom is 0.0417 e. The highest BCUT2D eigenvalue weighted by molar-refractivity contribution is 7.10. The van der Waals surface area contributed by atoms with Crippen LogP contribution in [0.15, 0.2) is 41.8 Å². The molecule has 2 heteroatoms. The lowest BCUT2D eigenvalue weighted by Gasteiger charge is -2.17. The molecule has 2 aromatic rings. The summed E-state index contributed by atoms with van der Waals surface area (Å²) in [6.45, 7) is 5.34. The smallest absolute Gasteiger partial charge is 0.0417 e. The number of benzene rings is 1. The molecule has 1 nitrogen and oxygen atoms in total. The fraction of sp³-hybridized carbons (Fsp3) is 0.375. The molecule has 1 aromatic carbocycles. The molecular weight excluding hydrogens is 238 g/mol. The summed E-state index contributed by atoms with van der Waals surface area (Å²) in [7, 11) is 0. The quantitative estimate of drug-likeness (QED) is 0.793. The van der Waals surface area contributed by atoms with Gasteiger partial charge in [-0.2, -0.15) is 0 Å². The van der Waals surface area contributed by atoms with Gasteiger partial charge in [0.25, 0.3) is 0 Å². The second-order valence-electron chi connectivity index (χ2n) is 4.73. The van der Waals surface area contributed by atoms with Gasteiger partial charge in [-0.25, -0.2) is 0 Å². The Balaban J connectivity index is 1.98. The average Bonchev–Trinajstić information content (AvgIpc) is 2.88. The van der Waals surface area contributed by atoms with Gasteiger partial charge in [0.15, 0.2) is 0 Å². The summed E-state index contributed by atoms with van der Waals surface area (Å²) < 4.78 is 0. The van der Waals surface area contributed by atoms with Gasteiger partial charge in [0.05, 0.1) is 0 Å². The molecule has 18 heavy (non-hydrogen) atoms. The number of aryl methyl sites for hydroxylation is 1.